The molecule has 0 amide bonds. The fraction of sp³-hybridized carbons (Fsp3) is 0. The van der Waals surface area contributed by atoms with Crippen LogP contribution >= 0.6 is 0 Å². The Balaban J connectivity index is 1.68. The molecule has 120 valence electrons. The summed E-state index contributed by atoms with van der Waals surface area (Å²) in [7, 11) is 0. The van der Waals surface area contributed by atoms with Gasteiger partial charge in [0, 0.05) is 17.2 Å². The monoisotopic (exact) mass is 324 g/mol. The molecule has 0 aliphatic heterocycles. The average Bonchev–Trinajstić information content (AvgIpc) is 2.67. The van der Waals surface area contributed by atoms with E-state index < -0.39 is 0 Å². The predicted molar refractivity (Wildman–Crippen MR) is 103 cm³/mol. The van der Waals surface area contributed by atoms with Gasteiger partial charge in [-0.2, -0.15) is 0 Å². The van der Waals surface area contributed by atoms with E-state index in [2.05, 4.69) is 0 Å². The Hall–Kier alpha value is -3.39. The van der Waals surface area contributed by atoms with Crippen LogP contribution < -0.4 is 0 Å². The van der Waals surface area contributed by atoms with Gasteiger partial charge in [-0.3, -0.25) is 4.79 Å². The van der Waals surface area contributed by atoms with E-state index in [0.29, 0.717) is 11.1 Å². The van der Waals surface area contributed by atoms with E-state index in [1.165, 1.54) is 6.08 Å². The zero-order valence-corrected chi connectivity index (χ0v) is 13.5. The van der Waals surface area contributed by atoms with Crippen molar-refractivity contribution in [2.45, 2.75) is 0 Å². The van der Waals surface area contributed by atoms with Crippen molar-refractivity contribution >= 4 is 33.1 Å². The number of allylic oxidation sites excluding steroid dienone is 1. The largest absolute Gasteiger partial charge is 0.507 e. The van der Waals surface area contributed by atoms with Crippen molar-refractivity contribution in [1.82, 2.24) is 0 Å². The van der Waals surface area contributed by atoms with E-state index in [9.17, 15) is 9.90 Å². The van der Waals surface area contributed by atoms with Gasteiger partial charge < -0.3 is 5.11 Å². The van der Waals surface area contributed by atoms with Gasteiger partial charge in [0.2, 0.25) is 0 Å². The van der Waals surface area contributed by atoms with Gasteiger partial charge in [0.1, 0.15) is 5.76 Å². The minimum Gasteiger partial charge on any atom is -0.507 e. The van der Waals surface area contributed by atoms with Gasteiger partial charge in [-0.05, 0) is 33.7 Å². The number of aliphatic hydroxyl groups is 1. The molecule has 4 aromatic carbocycles. The maximum absolute atomic E-state index is 12.5. The Morgan fingerprint density at radius 2 is 1.12 bits per heavy atom. The first-order chi connectivity index (χ1) is 12.2. The second-order valence-corrected chi connectivity index (χ2v) is 6.02. The van der Waals surface area contributed by atoms with Gasteiger partial charge >= 0.3 is 0 Å². The van der Waals surface area contributed by atoms with Crippen molar-refractivity contribution in [2.24, 2.45) is 0 Å². The minimum absolute atomic E-state index is 0.0242. The van der Waals surface area contributed by atoms with E-state index in [4.69, 9.17) is 0 Å². The van der Waals surface area contributed by atoms with E-state index >= 15 is 0 Å². The molecule has 0 heterocycles. The molecule has 2 nitrogen and oxygen atoms in total. The van der Waals surface area contributed by atoms with Gasteiger partial charge in [0.15, 0.2) is 5.78 Å². The van der Waals surface area contributed by atoms with E-state index in [-0.39, 0.29) is 11.5 Å². The summed E-state index contributed by atoms with van der Waals surface area (Å²) >= 11 is 0. The Morgan fingerprint density at radius 1 is 0.640 bits per heavy atom. The Labute approximate surface area is 145 Å². The molecular weight excluding hydrogens is 308 g/mol. The Morgan fingerprint density at radius 3 is 1.72 bits per heavy atom. The zero-order valence-electron chi connectivity index (χ0n) is 13.5. The molecule has 0 saturated heterocycles. The normalized spacial score (nSPS) is 11.8. The van der Waals surface area contributed by atoms with Gasteiger partial charge in [0.05, 0.1) is 0 Å². The van der Waals surface area contributed by atoms with Crippen LogP contribution in [0.4, 0.5) is 0 Å². The van der Waals surface area contributed by atoms with Gasteiger partial charge in [-0.15, -0.1) is 0 Å². The number of hydrogen-bond acceptors (Lipinski definition) is 2. The van der Waals surface area contributed by atoms with Crippen LogP contribution in [0.1, 0.15) is 15.9 Å². The SMILES string of the molecule is O=C(/C=C(/O)c1ccc2ccccc2c1)c1ccc2ccccc2c1. The van der Waals surface area contributed by atoms with Crippen molar-refractivity contribution in [2.75, 3.05) is 0 Å². The van der Waals surface area contributed by atoms with Crippen LogP contribution in [0.2, 0.25) is 0 Å². The molecule has 0 aromatic heterocycles. The van der Waals surface area contributed by atoms with Crippen molar-refractivity contribution in [3.63, 3.8) is 0 Å². The summed E-state index contributed by atoms with van der Waals surface area (Å²) in [4.78, 5) is 12.5. The number of rotatable bonds is 3. The zero-order chi connectivity index (χ0) is 17.2. The minimum atomic E-state index is -0.212. The molecule has 1 N–H and O–H groups in total. The molecule has 4 rings (SSSR count). The van der Waals surface area contributed by atoms with Crippen LogP contribution in [0.15, 0.2) is 91.0 Å². The fourth-order valence-electron chi connectivity index (χ4n) is 2.98. The maximum Gasteiger partial charge on any atom is 0.189 e. The summed E-state index contributed by atoms with van der Waals surface area (Å²) in [6.07, 6.45) is 1.29. The Kier molecular flexibility index (Phi) is 3.79. The van der Waals surface area contributed by atoms with Gasteiger partial charge in [0.25, 0.3) is 0 Å². The molecule has 0 saturated carbocycles. The number of fused-ring (bicyclic) bond motifs is 2. The first-order valence-corrected chi connectivity index (χ1v) is 8.14. The number of carbonyl (C=O) groups excluding carboxylic acids is 1. The molecule has 0 fully saturated rings. The molecule has 2 heteroatoms. The molecule has 0 spiro atoms. The lowest BCUT2D eigenvalue weighted by Crippen LogP contribution is -1.96. The number of ketones is 1. The number of aliphatic hydroxyl groups excluding tert-OH is 1. The van der Waals surface area contributed by atoms with E-state index in [1.54, 1.807) is 6.07 Å². The van der Waals surface area contributed by atoms with Crippen molar-refractivity contribution < 1.29 is 9.90 Å². The van der Waals surface area contributed by atoms with Crippen LogP contribution in [0.5, 0.6) is 0 Å². The predicted octanol–water partition coefficient (Wildman–Crippen LogP) is 5.77. The summed E-state index contributed by atoms with van der Waals surface area (Å²) in [5.41, 5.74) is 1.19. The maximum atomic E-state index is 12.5. The molecule has 4 aromatic rings. The first kappa shape index (κ1) is 15.2. The van der Waals surface area contributed by atoms with Crippen LogP contribution in [-0.4, -0.2) is 10.9 Å². The number of hydrogen-bond donors (Lipinski definition) is 1. The molecular formula is C23H16O2. The van der Waals surface area contributed by atoms with Crippen LogP contribution in [0.25, 0.3) is 27.3 Å². The lowest BCUT2D eigenvalue weighted by Gasteiger charge is -2.04. The highest BCUT2D eigenvalue weighted by atomic mass is 16.3. The quantitative estimate of drug-likeness (QED) is 0.295. The van der Waals surface area contributed by atoms with E-state index in [1.807, 2.05) is 78.9 Å². The number of carbonyl (C=O) groups is 1. The molecule has 0 aliphatic rings. The van der Waals surface area contributed by atoms with Crippen LogP contribution in [-0.2, 0) is 0 Å². The molecule has 0 bridgehead atoms. The van der Waals surface area contributed by atoms with Crippen LogP contribution in [0, 0.1) is 0 Å². The molecule has 0 unspecified atom stereocenters. The fourth-order valence-corrected chi connectivity index (χ4v) is 2.98. The highest BCUT2D eigenvalue weighted by Crippen LogP contribution is 2.21. The van der Waals surface area contributed by atoms with Gasteiger partial charge in [-0.1, -0.05) is 72.8 Å². The third-order valence-electron chi connectivity index (χ3n) is 4.35. The highest BCUT2D eigenvalue weighted by molar-refractivity contribution is 6.09. The van der Waals surface area contributed by atoms with E-state index in [0.717, 1.165) is 21.5 Å². The third kappa shape index (κ3) is 3.02. The summed E-state index contributed by atoms with van der Waals surface area (Å²) in [5, 5.41) is 14.6. The molecule has 0 radical (unpaired) electrons. The average molecular weight is 324 g/mol. The topological polar surface area (TPSA) is 37.3 Å². The highest BCUT2D eigenvalue weighted by Gasteiger charge is 2.08. The van der Waals surface area contributed by atoms with Crippen LogP contribution in [0.3, 0.4) is 0 Å². The summed E-state index contributed by atoms with van der Waals surface area (Å²) < 4.78 is 0. The smallest absolute Gasteiger partial charge is 0.189 e. The lowest BCUT2D eigenvalue weighted by molar-refractivity contribution is 0.104. The first-order valence-electron chi connectivity index (χ1n) is 8.14. The van der Waals surface area contributed by atoms with Crippen molar-refractivity contribution in [3.05, 3.63) is 102 Å². The second-order valence-electron chi connectivity index (χ2n) is 6.02. The summed E-state index contributed by atoms with van der Waals surface area (Å²) in [6.45, 7) is 0. The third-order valence-corrected chi connectivity index (χ3v) is 4.35. The molecule has 25 heavy (non-hydrogen) atoms. The summed E-state index contributed by atoms with van der Waals surface area (Å²) in [5.74, 6) is -0.236. The Bertz CT molecular complexity index is 1120. The molecule has 0 atom stereocenters. The molecule has 0 aliphatic carbocycles. The van der Waals surface area contributed by atoms with Crippen molar-refractivity contribution in [3.8, 4) is 0 Å². The number of benzene rings is 4. The second kappa shape index (κ2) is 6.25. The summed E-state index contributed by atoms with van der Waals surface area (Å²) in [6, 6.07) is 27.0. The van der Waals surface area contributed by atoms with Gasteiger partial charge in [-0.25, -0.2) is 0 Å². The standard InChI is InChI=1S/C23H16O2/c24-22(20-11-9-16-5-1-3-7-18(16)13-20)15-23(25)21-12-10-17-6-2-4-8-19(17)14-21/h1-15,24H/b22-15+. The lowest BCUT2D eigenvalue weighted by atomic mass is 10.0. The van der Waals surface area contributed by atoms with Crippen molar-refractivity contribution in [1.29, 1.82) is 0 Å².